The lowest BCUT2D eigenvalue weighted by atomic mass is 9.85. The lowest BCUT2D eigenvalue weighted by molar-refractivity contribution is 0.0696. The Labute approximate surface area is 180 Å². The smallest absolute Gasteiger partial charge is 0.335 e. The van der Waals surface area contributed by atoms with Crippen molar-refractivity contribution in [1.29, 1.82) is 0 Å². The van der Waals surface area contributed by atoms with E-state index >= 15 is 0 Å². The highest BCUT2D eigenvalue weighted by Gasteiger charge is 2.32. The Bertz CT molecular complexity index is 1130. The SMILES string of the molecule is O=C(O)c1cccc(-c2cccc3cc(C(=O)N[C@@H]4CN5CCCCC4CC5)oc23)c1. The summed E-state index contributed by atoms with van der Waals surface area (Å²) in [7, 11) is 0. The number of amides is 1. The van der Waals surface area contributed by atoms with E-state index in [9.17, 15) is 14.7 Å². The maximum Gasteiger partial charge on any atom is 0.335 e. The summed E-state index contributed by atoms with van der Waals surface area (Å²) >= 11 is 0. The monoisotopic (exact) mass is 418 g/mol. The number of fused-ring (bicyclic) bond motifs is 6. The molecule has 3 aromatic rings. The van der Waals surface area contributed by atoms with Gasteiger partial charge in [-0.3, -0.25) is 4.79 Å². The van der Waals surface area contributed by atoms with Crippen LogP contribution < -0.4 is 5.32 Å². The highest BCUT2D eigenvalue weighted by atomic mass is 16.4. The number of piperidine rings is 1. The molecule has 0 aliphatic carbocycles. The zero-order valence-electron chi connectivity index (χ0n) is 17.3. The molecule has 0 spiro atoms. The number of carbonyl (C=O) groups excluding carboxylic acids is 1. The summed E-state index contributed by atoms with van der Waals surface area (Å²) in [5.74, 6) is -0.333. The van der Waals surface area contributed by atoms with Crippen molar-refractivity contribution >= 4 is 22.8 Å². The van der Waals surface area contributed by atoms with Crippen LogP contribution in [0, 0.1) is 5.92 Å². The van der Waals surface area contributed by atoms with E-state index in [1.165, 1.54) is 19.3 Å². The van der Waals surface area contributed by atoms with E-state index < -0.39 is 5.97 Å². The number of hydrogen-bond donors (Lipinski definition) is 2. The molecule has 3 fully saturated rings. The number of benzene rings is 2. The lowest BCUT2D eigenvalue weighted by Gasteiger charge is -2.41. The van der Waals surface area contributed by atoms with E-state index in [0.29, 0.717) is 17.3 Å². The van der Waals surface area contributed by atoms with Gasteiger partial charge in [0.1, 0.15) is 5.58 Å². The Kier molecular flexibility index (Phi) is 5.24. The van der Waals surface area contributed by atoms with E-state index in [-0.39, 0.29) is 17.5 Å². The van der Waals surface area contributed by atoms with Gasteiger partial charge in [-0.05, 0) is 62.0 Å². The Balaban J connectivity index is 1.42. The highest BCUT2D eigenvalue weighted by molar-refractivity contribution is 6.00. The molecule has 1 amide bonds. The molecule has 0 saturated carbocycles. The number of aromatic carboxylic acids is 1. The van der Waals surface area contributed by atoms with E-state index in [4.69, 9.17) is 4.42 Å². The summed E-state index contributed by atoms with van der Waals surface area (Å²) in [5.41, 5.74) is 2.33. The molecule has 2 aromatic carbocycles. The van der Waals surface area contributed by atoms with Crippen LogP contribution in [0.5, 0.6) is 0 Å². The van der Waals surface area contributed by atoms with E-state index in [1.807, 2.05) is 24.3 Å². The van der Waals surface area contributed by atoms with Gasteiger partial charge in [0.15, 0.2) is 5.76 Å². The topological polar surface area (TPSA) is 82.8 Å². The van der Waals surface area contributed by atoms with Gasteiger partial charge >= 0.3 is 5.97 Å². The van der Waals surface area contributed by atoms with Crippen LogP contribution in [-0.4, -0.2) is 47.6 Å². The minimum Gasteiger partial charge on any atom is -0.478 e. The van der Waals surface area contributed by atoms with Crippen molar-refractivity contribution in [2.24, 2.45) is 5.92 Å². The maximum atomic E-state index is 13.0. The van der Waals surface area contributed by atoms with Gasteiger partial charge < -0.3 is 19.7 Å². The molecule has 2 unspecified atom stereocenters. The number of nitrogens with one attached hydrogen (secondary N) is 1. The first-order valence-electron chi connectivity index (χ1n) is 11.0. The van der Waals surface area contributed by atoms with Gasteiger partial charge in [0.2, 0.25) is 0 Å². The van der Waals surface area contributed by atoms with Gasteiger partial charge in [0.05, 0.1) is 5.56 Å². The zero-order chi connectivity index (χ0) is 21.4. The number of hydrogen-bond acceptors (Lipinski definition) is 4. The van der Waals surface area contributed by atoms with Crippen molar-refractivity contribution in [2.75, 3.05) is 19.6 Å². The third-order valence-corrected chi connectivity index (χ3v) is 6.64. The standard InChI is InChI=1S/C25H26N2O4/c28-24(26-21-15-27-11-2-1-5-16(21)10-12-27)22-14-18-7-4-9-20(23(18)31-22)17-6-3-8-19(13-17)25(29)30/h3-4,6-9,13-14,16,21H,1-2,5,10-12,15H2,(H,26,28)(H,29,30)/t16?,21-/m1/s1. The minimum absolute atomic E-state index is 0.154. The average molecular weight is 418 g/mol. The number of para-hydroxylation sites is 1. The molecule has 3 atom stereocenters. The van der Waals surface area contributed by atoms with Crippen LogP contribution in [0.25, 0.3) is 22.1 Å². The molecule has 2 bridgehead atoms. The summed E-state index contributed by atoms with van der Waals surface area (Å²) in [4.78, 5) is 26.8. The summed E-state index contributed by atoms with van der Waals surface area (Å²) in [6, 6.07) is 14.4. The molecule has 4 heterocycles. The molecule has 1 aromatic heterocycles. The summed E-state index contributed by atoms with van der Waals surface area (Å²) < 4.78 is 6.02. The number of carbonyl (C=O) groups is 2. The third kappa shape index (κ3) is 3.95. The molecule has 6 rings (SSSR count). The number of nitrogens with zero attached hydrogens (tertiary/aromatic N) is 1. The Hall–Kier alpha value is -3.12. The highest BCUT2D eigenvalue weighted by Crippen LogP contribution is 2.32. The quantitative estimate of drug-likeness (QED) is 0.656. The molecule has 160 valence electrons. The van der Waals surface area contributed by atoms with Crippen LogP contribution in [-0.2, 0) is 0 Å². The van der Waals surface area contributed by atoms with Crippen LogP contribution in [0.1, 0.15) is 46.6 Å². The first kappa shape index (κ1) is 19.8. The van der Waals surface area contributed by atoms with E-state index in [1.54, 1.807) is 24.3 Å². The van der Waals surface area contributed by atoms with Crippen LogP contribution in [0.2, 0.25) is 0 Å². The molecule has 6 nitrogen and oxygen atoms in total. The van der Waals surface area contributed by atoms with Crippen molar-refractivity contribution < 1.29 is 19.1 Å². The van der Waals surface area contributed by atoms with E-state index in [2.05, 4.69) is 10.2 Å². The van der Waals surface area contributed by atoms with Gasteiger partial charge in [0, 0.05) is 23.5 Å². The largest absolute Gasteiger partial charge is 0.478 e. The van der Waals surface area contributed by atoms with Gasteiger partial charge in [-0.1, -0.05) is 36.8 Å². The van der Waals surface area contributed by atoms with Gasteiger partial charge in [-0.25, -0.2) is 4.79 Å². The number of rotatable bonds is 4. The van der Waals surface area contributed by atoms with Crippen LogP contribution in [0.4, 0.5) is 0 Å². The number of carboxylic acid groups (broad SMARTS) is 1. The molecule has 31 heavy (non-hydrogen) atoms. The van der Waals surface area contributed by atoms with Crippen molar-refractivity contribution in [3.8, 4) is 11.1 Å². The van der Waals surface area contributed by atoms with Crippen molar-refractivity contribution in [1.82, 2.24) is 10.2 Å². The second-order valence-electron chi connectivity index (χ2n) is 8.65. The molecular weight excluding hydrogens is 392 g/mol. The fraction of sp³-hybridized carbons (Fsp3) is 0.360. The lowest BCUT2D eigenvalue weighted by Crippen LogP contribution is -2.53. The van der Waals surface area contributed by atoms with Gasteiger partial charge in [-0.15, -0.1) is 0 Å². The molecule has 0 radical (unpaired) electrons. The second kappa shape index (κ2) is 8.19. The first-order valence-corrected chi connectivity index (χ1v) is 11.0. The second-order valence-corrected chi connectivity index (χ2v) is 8.65. The Morgan fingerprint density at radius 3 is 2.77 bits per heavy atom. The molecule has 3 aliphatic rings. The molecule has 3 saturated heterocycles. The first-order chi connectivity index (χ1) is 15.1. The van der Waals surface area contributed by atoms with Crippen LogP contribution >= 0.6 is 0 Å². The maximum absolute atomic E-state index is 13.0. The molecule has 6 heteroatoms. The summed E-state index contributed by atoms with van der Waals surface area (Å²) in [6.07, 6.45) is 4.77. The normalized spacial score (nSPS) is 23.3. The molecule has 2 N–H and O–H groups in total. The number of furan rings is 1. The zero-order valence-corrected chi connectivity index (χ0v) is 17.3. The third-order valence-electron chi connectivity index (χ3n) is 6.64. The van der Waals surface area contributed by atoms with E-state index in [0.717, 1.165) is 42.6 Å². The minimum atomic E-state index is -0.974. The Morgan fingerprint density at radius 1 is 1.03 bits per heavy atom. The Morgan fingerprint density at radius 2 is 1.90 bits per heavy atom. The van der Waals surface area contributed by atoms with Crippen molar-refractivity contribution in [2.45, 2.75) is 31.7 Å². The molecular formula is C25H26N2O4. The van der Waals surface area contributed by atoms with Crippen LogP contribution in [0.3, 0.4) is 0 Å². The summed E-state index contributed by atoms with van der Waals surface area (Å²) in [6.45, 7) is 3.15. The fourth-order valence-corrected chi connectivity index (χ4v) is 4.98. The van der Waals surface area contributed by atoms with Crippen molar-refractivity contribution in [3.05, 3.63) is 59.9 Å². The van der Waals surface area contributed by atoms with Gasteiger partial charge in [-0.2, -0.15) is 0 Å². The fourth-order valence-electron chi connectivity index (χ4n) is 4.98. The van der Waals surface area contributed by atoms with Crippen molar-refractivity contribution in [3.63, 3.8) is 0 Å². The number of carboxylic acids is 1. The van der Waals surface area contributed by atoms with Crippen LogP contribution in [0.15, 0.2) is 52.9 Å². The predicted octanol–water partition coefficient (Wildman–Crippen LogP) is 4.40. The predicted molar refractivity (Wildman–Crippen MR) is 118 cm³/mol. The molecule has 3 aliphatic heterocycles. The van der Waals surface area contributed by atoms with Gasteiger partial charge in [0.25, 0.3) is 5.91 Å². The average Bonchev–Trinajstić information content (AvgIpc) is 3.19. The summed E-state index contributed by atoms with van der Waals surface area (Å²) in [5, 5.41) is 13.4.